The van der Waals surface area contributed by atoms with E-state index in [1.165, 1.54) is 0 Å². The largest absolute Gasteiger partial charge is 0.449 e. The van der Waals surface area contributed by atoms with Gasteiger partial charge < -0.3 is 20.1 Å². The summed E-state index contributed by atoms with van der Waals surface area (Å²) in [6.45, 7) is 10.9. The van der Waals surface area contributed by atoms with Crippen molar-refractivity contribution in [3.8, 4) is 0 Å². The minimum atomic E-state index is -0.406. The smallest absolute Gasteiger partial charge is 0.407 e. The van der Waals surface area contributed by atoms with Gasteiger partial charge in [0.15, 0.2) is 0 Å². The summed E-state index contributed by atoms with van der Waals surface area (Å²) in [5.74, 6) is 0.505. The number of nitrogens with one attached hydrogen (secondary N) is 2. The molecule has 0 aromatic heterocycles. The lowest BCUT2D eigenvalue weighted by Crippen LogP contribution is -2.32. The van der Waals surface area contributed by atoms with Crippen molar-refractivity contribution >= 4 is 12.2 Å². The van der Waals surface area contributed by atoms with E-state index in [-0.39, 0.29) is 12.0 Å². The van der Waals surface area contributed by atoms with E-state index in [9.17, 15) is 9.59 Å². The third-order valence-corrected chi connectivity index (χ3v) is 2.36. The van der Waals surface area contributed by atoms with Crippen LogP contribution in [-0.2, 0) is 9.47 Å². The first kappa shape index (κ1) is 18.5. The van der Waals surface area contributed by atoms with Crippen molar-refractivity contribution in [1.29, 1.82) is 0 Å². The number of alkyl carbamates (subject to hydrolysis) is 2. The predicted octanol–water partition coefficient (Wildman–Crippen LogP) is 2.53. The number of amides is 2. The zero-order chi connectivity index (χ0) is 15.5. The first-order valence-electron chi connectivity index (χ1n) is 7.15. The summed E-state index contributed by atoms with van der Waals surface area (Å²) in [5, 5.41) is 5.32. The Bertz CT molecular complexity index is 293. The minimum absolute atomic E-state index is 0.0650. The molecule has 20 heavy (non-hydrogen) atoms. The quantitative estimate of drug-likeness (QED) is 0.719. The highest BCUT2D eigenvalue weighted by Crippen LogP contribution is 2.02. The third-order valence-electron chi connectivity index (χ3n) is 2.36. The molecule has 0 rings (SSSR count). The molecule has 6 heteroatoms. The molecule has 0 saturated carbocycles. The Morgan fingerprint density at radius 1 is 0.950 bits per heavy atom. The number of carbonyl (C=O) groups excluding carboxylic acids is 2. The maximum atomic E-state index is 11.3. The molecule has 2 N–H and O–H groups in total. The number of rotatable bonds is 8. The topological polar surface area (TPSA) is 76.7 Å². The molecular formula is C14H28N2O4. The molecule has 0 saturated heterocycles. The van der Waals surface area contributed by atoms with Gasteiger partial charge in [0.05, 0.1) is 13.2 Å². The number of hydrogen-bond acceptors (Lipinski definition) is 4. The molecule has 0 bridgehead atoms. The molecule has 0 fully saturated rings. The van der Waals surface area contributed by atoms with Gasteiger partial charge in [0.2, 0.25) is 0 Å². The number of hydrogen-bond donors (Lipinski definition) is 2. The van der Waals surface area contributed by atoms with E-state index in [4.69, 9.17) is 9.47 Å². The van der Waals surface area contributed by atoms with Crippen molar-refractivity contribution in [1.82, 2.24) is 10.6 Å². The average Bonchev–Trinajstić information content (AvgIpc) is 2.33. The molecule has 0 aliphatic rings. The molecule has 118 valence electrons. The van der Waals surface area contributed by atoms with Gasteiger partial charge in [0.1, 0.15) is 0 Å². The molecule has 0 aliphatic heterocycles. The SMILES string of the molecule is CC(C)COC(=O)NCCC(C)COC(=O)NC(C)C. The third kappa shape index (κ3) is 11.6. The second-order valence-electron chi connectivity index (χ2n) is 5.71. The van der Waals surface area contributed by atoms with Crippen molar-refractivity contribution in [2.24, 2.45) is 11.8 Å². The first-order valence-corrected chi connectivity index (χ1v) is 7.15. The van der Waals surface area contributed by atoms with Crippen LogP contribution in [0.3, 0.4) is 0 Å². The Morgan fingerprint density at radius 3 is 2.10 bits per heavy atom. The van der Waals surface area contributed by atoms with Crippen LogP contribution in [0.15, 0.2) is 0 Å². The van der Waals surface area contributed by atoms with Crippen molar-refractivity contribution in [2.45, 2.75) is 47.1 Å². The first-order chi connectivity index (χ1) is 9.31. The van der Waals surface area contributed by atoms with Crippen LogP contribution in [0.2, 0.25) is 0 Å². The molecule has 1 unspecified atom stereocenters. The average molecular weight is 288 g/mol. The molecule has 0 spiro atoms. The lowest BCUT2D eigenvalue weighted by atomic mass is 10.1. The lowest BCUT2D eigenvalue weighted by Gasteiger charge is -2.14. The van der Waals surface area contributed by atoms with Crippen LogP contribution in [0.1, 0.15) is 41.0 Å². The fourth-order valence-electron chi connectivity index (χ4n) is 1.29. The number of carbonyl (C=O) groups is 2. The Hall–Kier alpha value is -1.46. The van der Waals surface area contributed by atoms with Gasteiger partial charge in [-0.1, -0.05) is 20.8 Å². The Kier molecular flexibility index (Phi) is 9.59. The summed E-state index contributed by atoms with van der Waals surface area (Å²) < 4.78 is 10.0. The van der Waals surface area contributed by atoms with Crippen LogP contribution in [0.25, 0.3) is 0 Å². The molecule has 0 radical (unpaired) electrons. The normalized spacial score (nSPS) is 12.2. The van der Waals surface area contributed by atoms with Gasteiger partial charge in [0, 0.05) is 12.6 Å². The fourth-order valence-corrected chi connectivity index (χ4v) is 1.29. The van der Waals surface area contributed by atoms with E-state index in [0.717, 1.165) is 6.42 Å². The summed E-state index contributed by atoms with van der Waals surface area (Å²) in [6.07, 6.45) is -0.0772. The summed E-state index contributed by atoms with van der Waals surface area (Å²) in [7, 11) is 0. The molecule has 0 aliphatic carbocycles. The van der Waals surface area contributed by atoms with Crippen LogP contribution in [-0.4, -0.2) is 38.0 Å². The van der Waals surface area contributed by atoms with E-state index in [1.54, 1.807) is 0 Å². The molecule has 2 amide bonds. The van der Waals surface area contributed by atoms with Crippen molar-refractivity contribution in [3.63, 3.8) is 0 Å². The maximum Gasteiger partial charge on any atom is 0.407 e. The monoisotopic (exact) mass is 288 g/mol. The van der Waals surface area contributed by atoms with Gasteiger partial charge in [-0.3, -0.25) is 0 Å². The second kappa shape index (κ2) is 10.3. The van der Waals surface area contributed by atoms with Crippen LogP contribution < -0.4 is 10.6 Å². The molecule has 6 nitrogen and oxygen atoms in total. The highest BCUT2D eigenvalue weighted by atomic mass is 16.6. The molecule has 1 atom stereocenters. The van der Waals surface area contributed by atoms with Crippen molar-refractivity contribution in [3.05, 3.63) is 0 Å². The van der Waals surface area contributed by atoms with Gasteiger partial charge >= 0.3 is 12.2 Å². The summed E-state index contributed by atoms with van der Waals surface area (Å²) in [6, 6.07) is 0.0650. The van der Waals surface area contributed by atoms with E-state index in [0.29, 0.717) is 25.7 Å². The Balaban J connectivity index is 3.60. The minimum Gasteiger partial charge on any atom is -0.449 e. The van der Waals surface area contributed by atoms with Crippen molar-refractivity contribution in [2.75, 3.05) is 19.8 Å². The standard InChI is InChI=1S/C14H28N2O4/c1-10(2)8-19-13(17)15-7-6-12(5)9-20-14(18)16-11(3)4/h10-12H,6-9H2,1-5H3,(H,15,17)(H,16,18). The van der Waals surface area contributed by atoms with Gasteiger partial charge in [-0.25, -0.2) is 9.59 Å². The maximum absolute atomic E-state index is 11.3. The van der Waals surface area contributed by atoms with E-state index in [1.807, 2.05) is 34.6 Å². The van der Waals surface area contributed by atoms with Crippen LogP contribution in [0.4, 0.5) is 9.59 Å². The predicted molar refractivity (Wildman–Crippen MR) is 77.6 cm³/mol. The van der Waals surface area contributed by atoms with Crippen LogP contribution in [0.5, 0.6) is 0 Å². The zero-order valence-corrected chi connectivity index (χ0v) is 13.2. The van der Waals surface area contributed by atoms with Crippen molar-refractivity contribution < 1.29 is 19.1 Å². The Labute approximate surface area is 121 Å². The lowest BCUT2D eigenvalue weighted by molar-refractivity contribution is 0.121. The molecule has 0 aromatic rings. The van der Waals surface area contributed by atoms with Gasteiger partial charge in [-0.15, -0.1) is 0 Å². The Morgan fingerprint density at radius 2 is 1.55 bits per heavy atom. The van der Waals surface area contributed by atoms with E-state index >= 15 is 0 Å². The zero-order valence-electron chi connectivity index (χ0n) is 13.2. The van der Waals surface area contributed by atoms with E-state index in [2.05, 4.69) is 10.6 Å². The van der Waals surface area contributed by atoms with Crippen LogP contribution >= 0.6 is 0 Å². The second-order valence-corrected chi connectivity index (χ2v) is 5.71. The molecule has 0 heterocycles. The van der Waals surface area contributed by atoms with Gasteiger partial charge in [-0.2, -0.15) is 0 Å². The van der Waals surface area contributed by atoms with Gasteiger partial charge in [-0.05, 0) is 32.1 Å². The fraction of sp³-hybridized carbons (Fsp3) is 0.857. The summed E-state index contributed by atoms with van der Waals surface area (Å²) in [5.41, 5.74) is 0. The summed E-state index contributed by atoms with van der Waals surface area (Å²) in [4.78, 5) is 22.6. The molecular weight excluding hydrogens is 260 g/mol. The van der Waals surface area contributed by atoms with E-state index < -0.39 is 12.2 Å². The molecule has 0 aromatic carbocycles. The summed E-state index contributed by atoms with van der Waals surface area (Å²) >= 11 is 0. The van der Waals surface area contributed by atoms with Gasteiger partial charge in [0.25, 0.3) is 0 Å². The highest BCUT2D eigenvalue weighted by molar-refractivity contribution is 5.67. The highest BCUT2D eigenvalue weighted by Gasteiger charge is 2.09. The number of ether oxygens (including phenoxy) is 2. The van der Waals surface area contributed by atoms with Crippen LogP contribution in [0, 0.1) is 11.8 Å².